The standard InChI is InChI=1S/C16H26N2O2/c1-18(7-9-19-13-14-5-6-14)8-10-20-16-4-2-3-15(11-16)12-17/h2-4,11,14H,5-10,12-13,17H2,1H3. The predicted molar refractivity (Wildman–Crippen MR) is 80.9 cm³/mol. The van der Waals surface area contributed by atoms with Gasteiger partial charge < -0.3 is 20.1 Å². The lowest BCUT2D eigenvalue weighted by Gasteiger charge is -2.17. The quantitative estimate of drug-likeness (QED) is 0.664. The van der Waals surface area contributed by atoms with Gasteiger partial charge in [-0.15, -0.1) is 0 Å². The van der Waals surface area contributed by atoms with Crippen LogP contribution < -0.4 is 10.5 Å². The third-order valence-corrected chi connectivity index (χ3v) is 3.54. The summed E-state index contributed by atoms with van der Waals surface area (Å²) in [6.07, 6.45) is 2.71. The lowest BCUT2D eigenvalue weighted by Crippen LogP contribution is -2.28. The van der Waals surface area contributed by atoms with Gasteiger partial charge in [0.2, 0.25) is 0 Å². The van der Waals surface area contributed by atoms with Crippen molar-refractivity contribution in [2.75, 3.05) is 40.0 Å². The molecule has 1 aromatic carbocycles. The van der Waals surface area contributed by atoms with E-state index in [0.717, 1.165) is 43.5 Å². The van der Waals surface area contributed by atoms with Gasteiger partial charge in [0.05, 0.1) is 6.61 Å². The molecule has 0 atom stereocenters. The van der Waals surface area contributed by atoms with E-state index in [9.17, 15) is 0 Å². The Balaban J connectivity index is 1.54. The van der Waals surface area contributed by atoms with E-state index in [-0.39, 0.29) is 0 Å². The molecule has 20 heavy (non-hydrogen) atoms. The van der Waals surface area contributed by atoms with Crippen LogP contribution in [0.3, 0.4) is 0 Å². The molecule has 0 heterocycles. The van der Waals surface area contributed by atoms with Gasteiger partial charge in [0.15, 0.2) is 0 Å². The molecule has 4 heteroatoms. The Morgan fingerprint density at radius 2 is 2.05 bits per heavy atom. The van der Waals surface area contributed by atoms with Crippen LogP contribution in [-0.4, -0.2) is 44.9 Å². The van der Waals surface area contributed by atoms with Crippen LogP contribution in [0.2, 0.25) is 0 Å². The van der Waals surface area contributed by atoms with Crippen LogP contribution >= 0.6 is 0 Å². The summed E-state index contributed by atoms with van der Waals surface area (Å²) in [5.74, 6) is 1.74. The molecule has 0 aromatic heterocycles. The number of benzene rings is 1. The zero-order valence-corrected chi connectivity index (χ0v) is 12.4. The molecule has 2 N–H and O–H groups in total. The number of hydrogen-bond acceptors (Lipinski definition) is 4. The second-order valence-electron chi connectivity index (χ2n) is 5.52. The Morgan fingerprint density at radius 3 is 2.80 bits per heavy atom. The fourth-order valence-electron chi connectivity index (χ4n) is 1.95. The zero-order valence-electron chi connectivity index (χ0n) is 12.4. The molecule has 0 aliphatic heterocycles. The van der Waals surface area contributed by atoms with Crippen molar-refractivity contribution in [3.05, 3.63) is 29.8 Å². The Hall–Kier alpha value is -1.10. The number of ether oxygens (including phenoxy) is 2. The van der Waals surface area contributed by atoms with E-state index in [1.165, 1.54) is 12.8 Å². The SMILES string of the molecule is CN(CCOCC1CC1)CCOc1cccc(CN)c1. The van der Waals surface area contributed by atoms with Crippen LogP contribution in [0.15, 0.2) is 24.3 Å². The Bertz CT molecular complexity index is 394. The fraction of sp³-hybridized carbons (Fsp3) is 0.625. The highest BCUT2D eigenvalue weighted by Gasteiger charge is 2.20. The van der Waals surface area contributed by atoms with E-state index in [4.69, 9.17) is 15.2 Å². The van der Waals surface area contributed by atoms with Gasteiger partial charge in [-0.05, 0) is 43.5 Å². The van der Waals surface area contributed by atoms with Crippen LogP contribution in [0, 0.1) is 5.92 Å². The predicted octanol–water partition coefficient (Wildman–Crippen LogP) is 1.88. The third kappa shape index (κ3) is 5.90. The average Bonchev–Trinajstić information content (AvgIpc) is 3.28. The zero-order chi connectivity index (χ0) is 14.2. The maximum atomic E-state index is 5.74. The Labute approximate surface area is 121 Å². The van der Waals surface area contributed by atoms with Crippen molar-refractivity contribution >= 4 is 0 Å². The second kappa shape index (κ2) is 8.25. The first-order valence-corrected chi connectivity index (χ1v) is 7.46. The molecule has 1 aliphatic carbocycles. The lowest BCUT2D eigenvalue weighted by atomic mass is 10.2. The van der Waals surface area contributed by atoms with Crippen molar-refractivity contribution in [3.8, 4) is 5.75 Å². The van der Waals surface area contributed by atoms with Gasteiger partial charge in [0, 0.05) is 26.2 Å². The topological polar surface area (TPSA) is 47.7 Å². The minimum Gasteiger partial charge on any atom is -0.492 e. The molecule has 112 valence electrons. The molecule has 2 rings (SSSR count). The smallest absolute Gasteiger partial charge is 0.119 e. The Kier molecular flexibility index (Phi) is 6.30. The molecule has 0 saturated heterocycles. The van der Waals surface area contributed by atoms with E-state index >= 15 is 0 Å². The number of rotatable bonds is 10. The minimum absolute atomic E-state index is 0.551. The molecule has 0 amide bonds. The molecule has 1 aromatic rings. The summed E-state index contributed by atoms with van der Waals surface area (Å²) in [6.45, 7) is 4.85. The van der Waals surface area contributed by atoms with Crippen molar-refractivity contribution in [2.24, 2.45) is 11.7 Å². The highest BCUT2D eigenvalue weighted by molar-refractivity contribution is 5.28. The molecule has 0 spiro atoms. The fourth-order valence-corrected chi connectivity index (χ4v) is 1.95. The van der Waals surface area contributed by atoms with Gasteiger partial charge in [-0.3, -0.25) is 0 Å². The van der Waals surface area contributed by atoms with Gasteiger partial charge in [-0.25, -0.2) is 0 Å². The van der Waals surface area contributed by atoms with Crippen LogP contribution in [0.1, 0.15) is 18.4 Å². The van der Waals surface area contributed by atoms with Crippen LogP contribution in [0.25, 0.3) is 0 Å². The maximum absolute atomic E-state index is 5.74. The lowest BCUT2D eigenvalue weighted by molar-refractivity contribution is 0.0992. The molecule has 4 nitrogen and oxygen atoms in total. The third-order valence-electron chi connectivity index (χ3n) is 3.54. The van der Waals surface area contributed by atoms with Gasteiger partial charge in [0.25, 0.3) is 0 Å². The largest absolute Gasteiger partial charge is 0.492 e. The second-order valence-corrected chi connectivity index (χ2v) is 5.52. The van der Waals surface area contributed by atoms with Crippen LogP contribution in [0.5, 0.6) is 5.75 Å². The summed E-state index contributed by atoms with van der Waals surface area (Å²) in [5.41, 5.74) is 6.71. The molecule has 0 radical (unpaired) electrons. The number of hydrogen-bond donors (Lipinski definition) is 1. The summed E-state index contributed by atoms with van der Waals surface area (Å²) >= 11 is 0. The van der Waals surface area contributed by atoms with E-state index in [0.29, 0.717) is 13.2 Å². The molecule has 1 saturated carbocycles. The monoisotopic (exact) mass is 278 g/mol. The van der Waals surface area contributed by atoms with Gasteiger partial charge >= 0.3 is 0 Å². The number of likely N-dealkylation sites (N-methyl/N-ethyl adjacent to an activating group) is 1. The highest BCUT2D eigenvalue weighted by atomic mass is 16.5. The summed E-state index contributed by atoms with van der Waals surface area (Å²) in [6, 6.07) is 7.96. The van der Waals surface area contributed by atoms with Crippen molar-refractivity contribution in [1.29, 1.82) is 0 Å². The number of nitrogens with two attached hydrogens (primary N) is 1. The highest BCUT2D eigenvalue weighted by Crippen LogP contribution is 2.28. The van der Waals surface area contributed by atoms with Crippen molar-refractivity contribution in [2.45, 2.75) is 19.4 Å². The summed E-state index contributed by atoms with van der Waals surface area (Å²) in [4.78, 5) is 2.24. The Morgan fingerprint density at radius 1 is 1.25 bits per heavy atom. The molecule has 1 aliphatic rings. The normalized spacial score (nSPS) is 14.8. The molecular formula is C16H26N2O2. The first-order valence-electron chi connectivity index (χ1n) is 7.46. The van der Waals surface area contributed by atoms with Gasteiger partial charge in [-0.1, -0.05) is 12.1 Å². The van der Waals surface area contributed by atoms with Gasteiger partial charge in [0.1, 0.15) is 12.4 Å². The van der Waals surface area contributed by atoms with E-state index < -0.39 is 0 Å². The minimum atomic E-state index is 0.551. The molecular weight excluding hydrogens is 252 g/mol. The number of nitrogens with zero attached hydrogens (tertiary/aromatic N) is 1. The van der Waals surface area contributed by atoms with E-state index in [1.807, 2.05) is 24.3 Å². The molecule has 0 unspecified atom stereocenters. The summed E-state index contributed by atoms with van der Waals surface area (Å²) in [5, 5.41) is 0. The van der Waals surface area contributed by atoms with Crippen LogP contribution in [0.4, 0.5) is 0 Å². The van der Waals surface area contributed by atoms with E-state index in [1.54, 1.807) is 0 Å². The van der Waals surface area contributed by atoms with Crippen molar-refractivity contribution < 1.29 is 9.47 Å². The molecule has 1 fully saturated rings. The van der Waals surface area contributed by atoms with Crippen LogP contribution in [-0.2, 0) is 11.3 Å². The van der Waals surface area contributed by atoms with Crippen molar-refractivity contribution in [3.63, 3.8) is 0 Å². The summed E-state index contributed by atoms with van der Waals surface area (Å²) in [7, 11) is 2.10. The van der Waals surface area contributed by atoms with E-state index in [2.05, 4.69) is 11.9 Å². The average molecular weight is 278 g/mol. The maximum Gasteiger partial charge on any atom is 0.119 e. The summed E-state index contributed by atoms with van der Waals surface area (Å²) < 4.78 is 11.4. The van der Waals surface area contributed by atoms with Crippen molar-refractivity contribution in [1.82, 2.24) is 4.90 Å². The first kappa shape index (κ1) is 15.3. The van der Waals surface area contributed by atoms with Gasteiger partial charge in [-0.2, -0.15) is 0 Å². The first-order chi connectivity index (χ1) is 9.78. The molecule has 0 bridgehead atoms.